The maximum Gasteiger partial charge on any atom is 0.188 e. The molecular weight excluding hydrogens is 242 g/mol. The van der Waals surface area contributed by atoms with E-state index in [9.17, 15) is 0 Å². The number of hydrogen-bond acceptors (Lipinski definition) is 4. The summed E-state index contributed by atoms with van der Waals surface area (Å²) in [4.78, 5) is 9.23. The van der Waals surface area contributed by atoms with Crippen LogP contribution in [-0.2, 0) is 4.74 Å². The Morgan fingerprint density at radius 2 is 2.16 bits per heavy atom. The van der Waals surface area contributed by atoms with Gasteiger partial charge in [-0.3, -0.25) is 4.99 Å². The molecule has 112 valence electrons. The maximum absolute atomic E-state index is 5.74. The summed E-state index contributed by atoms with van der Waals surface area (Å²) in [6.07, 6.45) is 2.33. The molecule has 6 heteroatoms. The molecule has 3 N–H and O–H groups in total. The molecule has 0 radical (unpaired) electrons. The molecule has 0 aromatic heterocycles. The average molecular weight is 271 g/mol. The number of aliphatic imine (C=N–C) groups is 1. The van der Waals surface area contributed by atoms with E-state index < -0.39 is 0 Å². The van der Waals surface area contributed by atoms with Gasteiger partial charge in [-0.2, -0.15) is 0 Å². The van der Waals surface area contributed by atoms with E-state index in [1.54, 1.807) is 7.11 Å². The Morgan fingerprint density at radius 3 is 2.95 bits per heavy atom. The Bertz CT molecular complexity index is 259. The third kappa shape index (κ3) is 8.02. The zero-order valence-corrected chi connectivity index (χ0v) is 12.4. The topological polar surface area (TPSA) is 66.1 Å². The van der Waals surface area contributed by atoms with Crippen LogP contribution in [-0.4, -0.2) is 82.3 Å². The minimum absolute atomic E-state index is 0.521. The Morgan fingerprint density at radius 1 is 1.32 bits per heavy atom. The van der Waals surface area contributed by atoms with Crippen molar-refractivity contribution in [3.05, 3.63) is 0 Å². The molecule has 1 saturated heterocycles. The molecule has 0 saturated carbocycles. The fraction of sp³-hybridized carbons (Fsp3) is 0.923. The molecule has 0 spiro atoms. The predicted octanol–water partition coefficient (Wildman–Crippen LogP) is -0.435. The summed E-state index contributed by atoms with van der Waals surface area (Å²) in [7, 11) is 3.87. The van der Waals surface area contributed by atoms with Crippen molar-refractivity contribution in [2.45, 2.75) is 12.8 Å². The zero-order chi connectivity index (χ0) is 13.9. The summed E-state index contributed by atoms with van der Waals surface area (Å²) in [5, 5.41) is 3.02. The lowest BCUT2D eigenvalue weighted by Gasteiger charge is -2.19. The van der Waals surface area contributed by atoms with Gasteiger partial charge in [0.25, 0.3) is 0 Å². The molecule has 0 unspecified atom stereocenters. The normalized spacial score (nSPS) is 19.4. The molecule has 1 rings (SSSR count). The lowest BCUT2D eigenvalue weighted by Crippen LogP contribution is -2.34. The molecule has 1 fully saturated rings. The fourth-order valence-electron chi connectivity index (χ4n) is 2.15. The van der Waals surface area contributed by atoms with Crippen molar-refractivity contribution in [1.29, 1.82) is 0 Å². The minimum atomic E-state index is 0.521. The van der Waals surface area contributed by atoms with Crippen LogP contribution in [0.15, 0.2) is 4.99 Å². The van der Waals surface area contributed by atoms with E-state index in [0.29, 0.717) is 19.1 Å². The van der Waals surface area contributed by atoms with Crippen LogP contribution < -0.4 is 11.1 Å². The Balaban J connectivity index is 2.07. The summed E-state index contributed by atoms with van der Waals surface area (Å²) in [6.45, 7) is 8.02. The van der Waals surface area contributed by atoms with Gasteiger partial charge in [-0.1, -0.05) is 0 Å². The van der Waals surface area contributed by atoms with Gasteiger partial charge < -0.3 is 25.6 Å². The van der Waals surface area contributed by atoms with Gasteiger partial charge in [-0.15, -0.1) is 0 Å². The zero-order valence-electron chi connectivity index (χ0n) is 12.4. The van der Waals surface area contributed by atoms with Crippen LogP contribution in [0, 0.1) is 0 Å². The Labute approximate surface area is 117 Å². The van der Waals surface area contributed by atoms with Crippen molar-refractivity contribution in [3.8, 4) is 0 Å². The highest BCUT2D eigenvalue weighted by Gasteiger charge is 2.10. The van der Waals surface area contributed by atoms with Crippen molar-refractivity contribution in [3.63, 3.8) is 0 Å². The van der Waals surface area contributed by atoms with Gasteiger partial charge in [0.2, 0.25) is 0 Å². The molecule has 19 heavy (non-hydrogen) atoms. The first-order valence-corrected chi connectivity index (χ1v) is 7.16. The number of guanidine groups is 1. The van der Waals surface area contributed by atoms with Crippen molar-refractivity contribution in [2.24, 2.45) is 10.7 Å². The minimum Gasteiger partial charge on any atom is -0.383 e. The second kappa shape index (κ2) is 10.00. The molecule has 0 amide bonds. The quantitative estimate of drug-likeness (QED) is 0.373. The monoisotopic (exact) mass is 271 g/mol. The van der Waals surface area contributed by atoms with Gasteiger partial charge in [-0.25, -0.2) is 0 Å². The number of methoxy groups -OCH3 is 1. The highest BCUT2D eigenvalue weighted by atomic mass is 16.5. The van der Waals surface area contributed by atoms with Gasteiger partial charge >= 0.3 is 0 Å². The third-order valence-electron chi connectivity index (χ3n) is 3.34. The number of ether oxygens (including phenoxy) is 1. The first-order chi connectivity index (χ1) is 9.22. The van der Waals surface area contributed by atoms with Crippen LogP contribution >= 0.6 is 0 Å². The van der Waals surface area contributed by atoms with Crippen LogP contribution in [0.25, 0.3) is 0 Å². The fourth-order valence-corrected chi connectivity index (χ4v) is 2.15. The van der Waals surface area contributed by atoms with Gasteiger partial charge in [0.05, 0.1) is 6.61 Å². The summed E-state index contributed by atoms with van der Waals surface area (Å²) in [5.41, 5.74) is 5.74. The second-order valence-corrected chi connectivity index (χ2v) is 5.04. The SMILES string of the molecule is COCCNC(N)=NCCCN1CCCN(C)CC1. The molecule has 0 atom stereocenters. The van der Waals surface area contributed by atoms with E-state index in [4.69, 9.17) is 10.5 Å². The van der Waals surface area contributed by atoms with Gasteiger partial charge in [0.15, 0.2) is 5.96 Å². The number of likely N-dealkylation sites (N-methyl/N-ethyl adjacent to an activating group) is 1. The van der Waals surface area contributed by atoms with Crippen LogP contribution in [0.4, 0.5) is 0 Å². The van der Waals surface area contributed by atoms with Crippen molar-refractivity contribution in [1.82, 2.24) is 15.1 Å². The van der Waals surface area contributed by atoms with Crippen LogP contribution in [0.2, 0.25) is 0 Å². The van der Waals surface area contributed by atoms with Crippen molar-refractivity contribution >= 4 is 5.96 Å². The molecule has 0 bridgehead atoms. The van der Waals surface area contributed by atoms with Crippen LogP contribution in [0.1, 0.15) is 12.8 Å². The third-order valence-corrected chi connectivity index (χ3v) is 3.34. The number of rotatable bonds is 7. The summed E-state index contributed by atoms with van der Waals surface area (Å²) < 4.78 is 4.93. The Hall–Kier alpha value is -0.850. The summed E-state index contributed by atoms with van der Waals surface area (Å²) in [6, 6.07) is 0. The first-order valence-electron chi connectivity index (χ1n) is 7.16. The van der Waals surface area contributed by atoms with E-state index in [1.807, 2.05) is 0 Å². The van der Waals surface area contributed by atoms with Crippen molar-refractivity contribution < 1.29 is 4.74 Å². The smallest absolute Gasteiger partial charge is 0.188 e. The van der Waals surface area contributed by atoms with E-state index in [1.165, 1.54) is 32.6 Å². The lowest BCUT2D eigenvalue weighted by molar-refractivity contribution is 0.204. The standard InChI is InChI=1S/C13H29N5O/c1-17-7-4-9-18(11-10-17)8-3-5-15-13(14)16-6-12-19-2/h3-12H2,1-2H3,(H3,14,15,16). The number of hydrogen-bond donors (Lipinski definition) is 2. The molecule has 0 aromatic rings. The number of nitrogens with two attached hydrogens (primary N) is 1. The Kier molecular flexibility index (Phi) is 8.53. The maximum atomic E-state index is 5.74. The summed E-state index contributed by atoms with van der Waals surface area (Å²) in [5.74, 6) is 0.521. The van der Waals surface area contributed by atoms with E-state index >= 15 is 0 Å². The predicted molar refractivity (Wildman–Crippen MR) is 79.5 cm³/mol. The van der Waals surface area contributed by atoms with Crippen LogP contribution in [0.3, 0.4) is 0 Å². The van der Waals surface area contributed by atoms with E-state index in [-0.39, 0.29) is 0 Å². The molecule has 1 heterocycles. The second-order valence-electron chi connectivity index (χ2n) is 5.04. The molecule has 1 aliphatic rings. The molecule has 1 aliphatic heterocycles. The van der Waals surface area contributed by atoms with Gasteiger partial charge in [0, 0.05) is 33.3 Å². The first kappa shape index (κ1) is 16.2. The van der Waals surface area contributed by atoms with E-state index in [2.05, 4.69) is 27.2 Å². The van der Waals surface area contributed by atoms with Gasteiger partial charge in [-0.05, 0) is 39.5 Å². The highest BCUT2D eigenvalue weighted by Crippen LogP contribution is 2.01. The molecule has 0 aliphatic carbocycles. The van der Waals surface area contributed by atoms with Gasteiger partial charge in [0.1, 0.15) is 0 Å². The summed E-state index contributed by atoms with van der Waals surface area (Å²) >= 11 is 0. The largest absolute Gasteiger partial charge is 0.383 e. The lowest BCUT2D eigenvalue weighted by atomic mass is 10.3. The average Bonchev–Trinajstić information content (AvgIpc) is 2.60. The van der Waals surface area contributed by atoms with E-state index in [0.717, 1.165) is 19.5 Å². The molecular formula is C13H29N5O. The molecule has 0 aromatic carbocycles. The van der Waals surface area contributed by atoms with Crippen LogP contribution in [0.5, 0.6) is 0 Å². The number of nitrogens with zero attached hydrogens (tertiary/aromatic N) is 3. The molecule has 6 nitrogen and oxygen atoms in total. The highest BCUT2D eigenvalue weighted by molar-refractivity contribution is 5.77. The number of nitrogens with one attached hydrogen (secondary N) is 1. The van der Waals surface area contributed by atoms with Crippen molar-refractivity contribution in [2.75, 3.05) is 66.6 Å².